The van der Waals surface area contributed by atoms with Crippen molar-refractivity contribution < 1.29 is 19.7 Å². The van der Waals surface area contributed by atoms with Gasteiger partial charge < -0.3 is 24.6 Å². The van der Waals surface area contributed by atoms with Gasteiger partial charge in [-0.05, 0) is 23.6 Å². The summed E-state index contributed by atoms with van der Waals surface area (Å²) in [6, 6.07) is 5.76. The summed E-state index contributed by atoms with van der Waals surface area (Å²) >= 11 is 0. The van der Waals surface area contributed by atoms with Crippen LogP contribution in [0.3, 0.4) is 0 Å². The monoisotopic (exact) mass is 290 g/mol. The van der Waals surface area contributed by atoms with Crippen LogP contribution in [0.4, 0.5) is 5.82 Å². The van der Waals surface area contributed by atoms with E-state index in [0.29, 0.717) is 32.1 Å². The number of aliphatic hydroxyl groups excluding tert-OH is 2. The van der Waals surface area contributed by atoms with Crippen LogP contribution >= 0.6 is 0 Å². The number of nitrogens with zero attached hydrogens (tertiary/aromatic N) is 2. The maximum absolute atomic E-state index is 9.19. The van der Waals surface area contributed by atoms with Crippen molar-refractivity contribution in [1.82, 2.24) is 4.98 Å². The number of fused-ring (bicyclic) bond motifs is 2. The third-order valence-corrected chi connectivity index (χ3v) is 3.45. The highest BCUT2D eigenvalue weighted by Gasteiger charge is 2.17. The van der Waals surface area contributed by atoms with E-state index in [1.54, 1.807) is 6.20 Å². The molecule has 0 amide bonds. The van der Waals surface area contributed by atoms with Crippen molar-refractivity contribution in [3.63, 3.8) is 0 Å². The maximum atomic E-state index is 9.19. The highest BCUT2D eigenvalue weighted by molar-refractivity contribution is 5.94. The van der Waals surface area contributed by atoms with Gasteiger partial charge >= 0.3 is 0 Å². The summed E-state index contributed by atoms with van der Waals surface area (Å²) in [5.41, 5.74) is 0. The van der Waals surface area contributed by atoms with Gasteiger partial charge in [0.15, 0.2) is 11.5 Å². The molecule has 0 saturated carbocycles. The Hall–Kier alpha value is -2.05. The van der Waals surface area contributed by atoms with Crippen LogP contribution in [0.15, 0.2) is 24.4 Å². The number of anilines is 1. The molecule has 1 aromatic heterocycles. The van der Waals surface area contributed by atoms with E-state index in [1.807, 2.05) is 23.1 Å². The predicted molar refractivity (Wildman–Crippen MR) is 79.1 cm³/mol. The lowest BCUT2D eigenvalue weighted by molar-refractivity contribution is 0.172. The van der Waals surface area contributed by atoms with E-state index in [9.17, 15) is 10.2 Å². The standard InChI is InChI=1S/C15H18N2O4/c18-5-3-17(4-6-19)15-12-10-14-13(20-7-8-21-14)9-11(12)1-2-16-15/h1-2,9-10,18-19H,3-8H2. The van der Waals surface area contributed by atoms with Crippen molar-refractivity contribution in [2.75, 3.05) is 44.4 Å². The molecular formula is C15H18N2O4. The maximum Gasteiger partial charge on any atom is 0.162 e. The van der Waals surface area contributed by atoms with Crippen molar-refractivity contribution in [3.05, 3.63) is 24.4 Å². The molecule has 112 valence electrons. The van der Waals surface area contributed by atoms with Crippen molar-refractivity contribution in [2.45, 2.75) is 0 Å². The first kappa shape index (κ1) is 13.9. The van der Waals surface area contributed by atoms with E-state index in [4.69, 9.17) is 9.47 Å². The van der Waals surface area contributed by atoms with E-state index >= 15 is 0 Å². The van der Waals surface area contributed by atoms with Crippen LogP contribution in [0, 0.1) is 0 Å². The van der Waals surface area contributed by atoms with Gasteiger partial charge in [-0.1, -0.05) is 0 Å². The Labute approximate surface area is 122 Å². The van der Waals surface area contributed by atoms with Gasteiger partial charge in [-0.25, -0.2) is 4.98 Å². The third kappa shape index (κ3) is 2.72. The second-order valence-electron chi connectivity index (χ2n) is 4.79. The lowest BCUT2D eigenvalue weighted by Crippen LogP contribution is -2.30. The van der Waals surface area contributed by atoms with E-state index in [0.717, 1.165) is 22.3 Å². The Kier molecular flexibility index (Phi) is 4.08. The molecule has 0 bridgehead atoms. The number of rotatable bonds is 5. The summed E-state index contributed by atoms with van der Waals surface area (Å²) in [6.07, 6.45) is 1.72. The average molecular weight is 290 g/mol. The van der Waals surface area contributed by atoms with Gasteiger partial charge in [-0.2, -0.15) is 0 Å². The second kappa shape index (κ2) is 6.15. The van der Waals surface area contributed by atoms with Gasteiger partial charge in [-0.3, -0.25) is 0 Å². The smallest absolute Gasteiger partial charge is 0.162 e. The molecule has 2 N–H and O–H groups in total. The third-order valence-electron chi connectivity index (χ3n) is 3.45. The van der Waals surface area contributed by atoms with Gasteiger partial charge in [0.1, 0.15) is 19.0 Å². The number of ether oxygens (including phenoxy) is 2. The van der Waals surface area contributed by atoms with E-state index in [1.165, 1.54) is 0 Å². The van der Waals surface area contributed by atoms with Crippen LogP contribution in [0.5, 0.6) is 11.5 Å². The quantitative estimate of drug-likeness (QED) is 0.848. The fourth-order valence-electron chi connectivity index (χ4n) is 2.51. The lowest BCUT2D eigenvalue weighted by atomic mass is 10.1. The molecule has 0 radical (unpaired) electrons. The number of pyridine rings is 1. The fourth-order valence-corrected chi connectivity index (χ4v) is 2.51. The Morgan fingerprint density at radius 2 is 1.71 bits per heavy atom. The molecule has 21 heavy (non-hydrogen) atoms. The lowest BCUT2D eigenvalue weighted by Gasteiger charge is -2.24. The minimum Gasteiger partial charge on any atom is -0.486 e. The second-order valence-corrected chi connectivity index (χ2v) is 4.79. The van der Waals surface area contributed by atoms with Crippen molar-refractivity contribution >= 4 is 16.6 Å². The first-order chi connectivity index (χ1) is 10.3. The fraction of sp³-hybridized carbons (Fsp3) is 0.400. The van der Waals surface area contributed by atoms with Gasteiger partial charge in [0, 0.05) is 24.7 Å². The molecular weight excluding hydrogens is 272 g/mol. The average Bonchev–Trinajstić information content (AvgIpc) is 2.52. The zero-order valence-corrected chi connectivity index (χ0v) is 11.7. The number of benzene rings is 1. The van der Waals surface area contributed by atoms with Crippen LogP contribution < -0.4 is 14.4 Å². The Morgan fingerprint density at radius 1 is 1.05 bits per heavy atom. The molecule has 0 fully saturated rings. The SMILES string of the molecule is OCCN(CCO)c1nccc2cc3c(cc12)OCCO3. The highest BCUT2D eigenvalue weighted by Crippen LogP contribution is 2.37. The molecule has 2 heterocycles. The number of aromatic nitrogens is 1. The molecule has 1 aliphatic rings. The van der Waals surface area contributed by atoms with Crippen molar-refractivity contribution in [1.29, 1.82) is 0 Å². The molecule has 0 saturated heterocycles. The van der Waals surface area contributed by atoms with Crippen molar-refractivity contribution in [3.8, 4) is 11.5 Å². The first-order valence-corrected chi connectivity index (χ1v) is 6.98. The van der Waals surface area contributed by atoms with E-state index in [2.05, 4.69) is 4.98 Å². The molecule has 6 nitrogen and oxygen atoms in total. The molecule has 6 heteroatoms. The van der Waals surface area contributed by atoms with E-state index < -0.39 is 0 Å². The van der Waals surface area contributed by atoms with Gasteiger partial charge in [-0.15, -0.1) is 0 Å². The number of aliphatic hydroxyl groups is 2. The predicted octanol–water partition coefficient (Wildman–Crippen LogP) is 0.797. The molecule has 1 aromatic carbocycles. The Balaban J connectivity index is 2.09. The topological polar surface area (TPSA) is 75.1 Å². The van der Waals surface area contributed by atoms with E-state index in [-0.39, 0.29) is 13.2 Å². The van der Waals surface area contributed by atoms with Crippen molar-refractivity contribution in [2.24, 2.45) is 0 Å². The summed E-state index contributed by atoms with van der Waals surface area (Å²) < 4.78 is 11.2. The summed E-state index contributed by atoms with van der Waals surface area (Å²) in [4.78, 5) is 6.26. The van der Waals surface area contributed by atoms with Gasteiger partial charge in [0.05, 0.1) is 13.2 Å². The van der Waals surface area contributed by atoms with Crippen LogP contribution in [0.1, 0.15) is 0 Å². The summed E-state index contributed by atoms with van der Waals surface area (Å²) in [7, 11) is 0. The molecule has 0 aliphatic carbocycles. The molecule has 0 spiro atoms. The molecule has 3 rings (SSSR count). The largest absolute Gasteiger partial charge is 0.486 e. The minimum absolute atomic E-state index is 0.00260. The summed E-state index contributed by atoms with van der Waals surface area (Å²) in [5, 5.41) is 20.3. The Morgan fingerprint density at radius 3 is 2.38 bits per heavy atom. The molecule has 2 aromatic rings. The van der Waals surface area contributed by atoms with Crippen LogP contribution in [0.2, 0.25) is 0 Å². The minimum atomic E-state index is 0.00260. The summed E-state index contributed by atoms with van der Waals surface area (Å²) in [6.45, 7) is 1.93. The zero-order valence-electron chi connectivity index (χ0n) is 11.7. The first-order valence-electron chi connectivity index (χ1n) is 6.98. The summed E-state index contributed by atoms with van der Waals surface area (Å²) in [5.74, 6) is 2.17. The number of hydrogen-bond acceptors (Lipinski definition) is 6. The van der Waals surface area contributed by atoms with Gasteiger partial charge in [0.25, 0.3) is 0 Å². The molecule has 0 atom stereocenters. The van der Waals surface area contributed by atoms with Crippen LogP contribution in [-0.2, 0) is 0 Å². The zero-order chi connectivity index (χ0) is 14.7. The molecule has 0 unspecified atom stereocenters. The highest BCUT2D eigenvalue weighted by atomic mass is 16.6. The number of hydrogen-bond donors (Lipinski definition) is 2. The van der Waals surface area contributed by atoms with Crippen LogP contribution in [0.25, 0.3) is 10.8 Å². The molecule has 1 aliphatic heterocycles. The van der Waals surface area contributed by atoms with Gasteiger partial charge in [0.2, 0.25) is 0 Å². The van der Waals surface area contributed by atoms with Crippen LogP contribution in [-0.4, -0.2) is 54.7 Å². The Bertz CT molecular complexity index is 626. The normalized spacial score (nSPS) is 13.4.